The van der Waals surface area contributed by atoms with E-state index in [4.69, 9.17) is 0 Å². The molecule has 1 aromatic rings. The minimum Gasteiger partial charge on any atom is -0.362 e. The van der Waals surface area contributed by atoms with Crippen LogP contribution in [0, 0.1) is 10.1 Å². The zero-order chi connectivity index (χ0) is 17.1. The summed E-state index contributed by atoms with van der Waals surface area (Å²) in [6, 6.07) is 3.47. The summed E-state index contributed by atoms with van der Waals surface area (Å²) >= 11 is 0. The summed E-state index contributed by atoms with van der Waals surface area (Å²) in [4.78, 5) is 26.8. The summed E-state index contributed by atoms with van der Waals surface area (Å²) in [6.45, 7) is 5.49. The molecule has 1 amide bonds. The standard InChI is InChI=1S/C16H24N4O3/c1-11(2)19(8-7-18(3)4)14-10-13-12(5-6-16(21)17-13)9-15(14)20(22)23/h9-11H,5-8H2,1-4H3,(H,17,21). The van der Waals surface area contributed by atoms with E-state index in [0.29, 0.717) is 30.8 Å². The van der Waals surface area contributed by atoms with Gasteiger partial charge in [0.05, 0.1) is 4.92 Å². The van der Waals surface area contributed by atoms with Crippen LogP contribution in [0.2, 0.25) is 0 Å². The van der Waals surface area contributed by atoms with E-state index in [0.717, 1.165) is 12.1 Å². The first kappa shape index (κ1) is 17.2. The number of fused-ring (bicyclic) bond motifs is 1. The van der Waals surface area contributed by atoms with Crippen LogP contribution in [0.15, 0.2) is 12.1 Å². The molecule has 1 aliphatic heterocycles. The average molecular weight is 320 g/mol. The molecular formula is C16H24N4O3. The SMILES string of the molecule is CC(C)N(CCN(C)C)c1cc2c(cc1[N+](=O)[O-])CCC(=O)N2. The van der Waals surface area contributed by atoms with Gasteiger partial charge in [-0.3, -0.25) is 14.9 Å². The third-order valence-corrected chi connectivity index (χ3v) is 4.01. The summed E-state index contributed by atoms with van der Waals surface area (Å²) in [7, 11) is 3.94. The van der Waals surface area contributed by atoms with Crippen LogP contribution in [-0.2, 0) is 11.2 Å². The van der Waals surface area contributed by atoms with Crippen LogP contribution in [-0.4, -0.2) is 49.0 Å². The van der Waals surface area contributed by atoms with Gasteiger partial charge in [0.15, 0.2) is 0 Å². The van der Waals surface area contributed by atoms with Crippen LogP contribution in [0.5, 0.6) is 0 Å². The molecule has 0 saturated heterocycles. The van der Waals surface area contributed by atoms with Crippen molar-refractivity contribution in [3.8, 4) is 0 Å². The quantitative estimate of drug-likeness (QED) is 0.642. The zero-order valence-corrected chi connectivity index (χ0v) is 14.1. The number of likely N-dealkylation sites (N-methyl/N-ethyl adjacent to an activating group) is 1. The Morgan fingerprint density at radius 3 is 2.52 bits per heavy atom. The average Bonchev–Trinajstić information content (AvgIpc) is 2.45. The van der Waals surface area contributed by atoms with E-state index in [-0.39, 0.29) is 22.6 Å². The summed E-state index contributed by atoms with van der Waals surface area (Å²) in [5.41, 5.74) is 2.19. The van der Waals surface area contributed by atoms with Gasteiger partial charge >= 0.3 is 0 Å². The Morgan fingerprint density at radius 1 is 1.26 bits per heavy atom. The van der Waals surface area contributed by atoms with E-state index in [1.807, 2.05) is 37.7 Å². The second-order valence-electron chi connectivity index (χ2n) is 6.39. The normalized spacial score (nSPS) is 13.9. The molecule has 0 aromatic heterocycles. The summed E-state index contributed by atoms with van der Waals surface area (Å²) < 4.78 is 0. The lowest BCUT2D eigenvalue weighted by atomic mass is 10.0. The van der Waals surface area contributed by atoms with Crippen molar-refractivity contribution >= 4 is 23.0 Å². The largest absolute Gasteiger partial charge is 0.362 e. The Kier molecular flexibility index (Phi) is 5.20. The number of nitro groups is 1. The van der Waals surface area contributed by atoms with Gasteiger partial charge in [-0.2, -0.15) is 0 Å². The fourth-order valence-corrected chi connectivity index (χ4v) is 2.75. The van der Waals surface area contributed by atoms with Gasteiger partial charge in [0, 0.05) is 37.3 Å². The topological polar surface area (TPSA) is 78.7 Å². The van der Waals surface area contributed by atoms with Crippen LogP contribution in [0.4, 0.5) is 17.1 Å². The molecule has 1 N–H and O–H groups in total. The Morgan fingerprint density at radius 2 is 1.96 bits per heavy atom. The number of nitro benzene ring substituents is 1. The number of carbonyl (C=O) groups is 1. The third-order valence-electron chi connectivity index (χ3n) is 4.01. The lowest BCUT2D eigenvalue weighted by molar-refractivity contribution is -0.384. The minimum atomic E-state index is -0.336. The maximum absolute atomic E-state index is 11.6. The highest BCUT2D eigenvalue weighted by Crippen LogP contribution is 2.37. The predicted molar refractivity (Wildman–Crippen MR) is 91.1 cm³/mol. The van der Waals surface area contributed by atoms with Gasteiger partial charge in [-0.25, -0.2) is 0 Å². The molecule has 1 heterocycles. The van der Waals surface area contributed by atoms with E-state index in [9.17, 15) is 14.9 Å². The Bertz CT molecular complexity index is 614. The number of carbonyl (C=O) groups excluding carboxylic acids is 1. The molecule has 1 aliphatic rings. The van der Waals surface area contributed by atoms with Crippen molar-refractivity contribution in [3.05, 3.63) is 27.8 Å². The molecule has 0 spiro atoms. The Hall–Kier alpha value is -2.15. The highest BCUT2D eigenvalue weighted by atomic mass is 16.6. The fourth-order valence-electron chi connectivity index (χ4n) is 2.75. The van der Waals surface area contributed by atoms with Gasteiger partial charge in [-0.05, 0) is 46.0 Å². The van der Waals surface area contributed by atoms with Crippen LogP contribution in [0.3, 0.4) is 0 Å². The van der Waals surface area contributed by atoms with Crippen molar-refractivity contribution in [2.45, 2.75) is 32.7 Å². The van der Waals surface area contributed by atoms with Gasteiger partial charge in [-0.1, -0.05) is 0 Å². The summed E-state index contributed by atoms with van der Waals surface area (Å²) in [6.07, 6.45) is 0.916. The highest BCUT2D eigenvalue weighted by molar-refractivity contribution is 5.95. The van der Waals surface area contributed by atoms with Gasteiger partial charge in [0.1, 0.15) is 5.69 Å². The summed E-state index contributed by atoms with van der Waals surface area (Å²) in [5, 5.41) is 14.3. The number of hydrogen-bond donors (Lipinski definition) is 1. The smallest absolute Gasteiger partial charge is 0.292 e. The number of aryl methyl sites for hydroxylation is 1. The molecule has 0 fully saturated rings. The van der Waals surface area contributed by atoms with E-state index in [1.165, 1.54) is 0 Å². The summed E-state index contributed by atoms with van der Waals surface area (Å²) in [5.74, 6) is -0.0401. The number of rotatable bonds is 6. The molecular weight excluding hydrogens is 296 g/mol. The van der Waals surface area contributed by atoms with Gasteiger partial charge in [0.25, 0.3) is 5.69 Å². The van der Waals surface area contributed by atoms with E-state index in [2.05, 4.69) is 5.32 Å². The molecule has 0 aliphatic carbocycles. The molecule has 0 unspecified atom stereocenters. The van der Waals surface area contributed by atoms with Crippen LogP contribution in [0.25, 0.3) is 0 Å². The van der Waals surface area contributed by atoms with Crippen molar-refractivity contribution in [2.75, 3.05) is 37.4 Å². The lowest BCUT2D eigenvalue weighted by Crippen LogP contribution is -2.37. The molecule has 0 saturated carbocycles. The van der Waals surface area contributed by atoms with Crippen molar-refractivity contribution in [3.63, 3.8) is 0 Å². The molecule has 0 bridgehead atoms. The van der Waals surface area contributed by atoms with Crippen LogP contribution < -0.4 is 10.2 Å². The zero-order valence-electron chi connectivity index (χ0n) is 14.1. The van der Waals surface area contributed by atoms with E-state index >= 15 is 0 Å². The van der Waals surface area contributed by atoms with Crippen molar-refractivity contribution in [1.29, 1.82) is 0 Å². The number of hydrogen-bond acceptors (Lipinski definition) is 5. The second-order valence-corrected chi connectivity index (χ2v) is 6.39. The number of anilines is 2. The molecule has 0 atom stereocenters. The Labute approximate surface area is 136 Å². The van der Waals surface area contributed by atoms with Crippen molar-refractivity contribution < 1.29 is 9.72 Å². The van der Waals surface area contributed by atoms with E-state index in [1.54, 1.807) is 12.1 Å². The molecule has 0 radical (unpaired) electrons. The van der Waals surface area contributed by atoms with Crippen molar-refractivity contribution in [2.24, 2.45) is 0 Å². The molecule has 7 nitrogen and oxygen atoms in total. The van der Waals surface area contributed by atoms with Gasteiger partial charge in [0.2, 0.25) is 5.91 Å². The minimum absolute atomic E-state index is 0.0401. The number of nitrogens with zero attached hydrogens (tertiary/aromatic N) is 3. The second kappa shape index (κ2) is 6.95. The van der Waals surface area contributed by atoms with Crippen molar-refractivity contribution in [1.82, 2.24) is 4.90 Å². The van der Waals surface area contributed by atoms with Crippen LogP contribution >= 0.6 is 0 Å². The lowest BCUT2D eigenvalue weighted by Gasteiger charge is -2.31. The molecule has 7 heteroatoms. The third kappa shape index (κ3) is 3.98. The molecule has 1 aromatic carbocycles. The van der Waals surface area contributed by atoms with E-state index < -0.39 is 0 Å². The number of nitrogens with one attached hydrogen (secondary N) is 1. The first-order valence-electron chi connectivity index (χ1n) is 7.82. The van der Waals surface area contributed by atoms with Gasteiger partial charge in [-0.15, -0.1) is 0 Å². The number of amides is 1. The maximum Gasteiger partial charge on any atom is 0.292 e. The monoisotopic (exact) mass is 320 g/mol. The molecule has 2 rings (SSSR count). The first-order chi connectivity index (χ1) is 10.8. The maximum atomic E-state index is 11.6. The molecule has 126 valence electrons. The van der Waals surface area contributed by atoms with Gasteiger partial charge < -0.3 is 15.1 Å². The first-order valence-corrected chi connectivity index (χ1v) is 7.82. The van der Waals surface area contributed by atoms with Crippen LogP contribution in [0.1, 0.15) is 25.8 Å². The predicted octanol–water partition coefficient (Wildman–Crippen LogP) is 2.26. The fraction of sp³-hybridized carbons (Fsp3) is 0.562. The molecule has 23 heavy (non-hydrogen) atoms. The number of benzene rings is 1. The highest BCUT2D eigenvalue weighted by Gasteiger charge is 2.26. The Balaban J connectivity index is 2.46.